The van der Waals surface area contributed by atoms with Gasteiger partial charge in [-0.3, -0.25) is 0 Å². The summed E-state index contributed by atoms with van der Waals surface area (Å²) >= 11 is 0. The van der Waals surface area contributed by atoms with E-state index in [4.69, 9.17) is 5.73 Å². The number of aromatic nitrogens is 2. The van der Waals surface area contributed by atoms with Crippen LogP contribution in [0.4, 0.5) is 11.5 Å². The first-order chi connectivity index (χ1) is 9.78. The molecule has 2 heterocycles. The van der Waals surface area contributed by atoms with Crippen LogP contribution in [0.5, 0.6) is 0 Å². The summed E-state index contributed by atoms with van der Waals surface area (Å²) in [5, 5.41) is 1.07. The summed E-state index contributed by atoms with van der Waals surface area (Å²) in [4.78, 5) is 11.2. The normalized spacial score (nSPS) is 16.8. The number of fused-ring (bicyclic) bond motifs is 1. The molecule has 3 rings (SSSR count). The average Bonchev–Trinajstić information content (AvgIpc) is 2.48. The van der Waals surface area contributed by atoms with Crippen molar-refractivity contribution in [3.63, 3.8) is 0 Å². The smallest absolute Gasteiger partial charge is 0.139 e. The van der Waals surface area contributed by atoms with Crippen LogP contribution in [0.15, 0.2) is 24.5 Å². The summed E-state index contributed by atoms with van der Waals surface area (Å²) in [6.45, 7) is 4.45. The zero-order chi connectivity index (χ0) is 13.9. The molecule has 1 aliphatic rings. The molecule has 4 nitrogen and oxygen atoms in total. The van der Waals surface area contributed by atoms with Gasteiger partial charge in [-0.25, -0.2) is 9.97 Å². The van der Waals surface area contributed by atoms with Crippen molar-refractivity contribution in [3.8, 4) is 0 Å². The number of piperidine rings is 1. The molecule has 2 aromatic rings. The highest BCUT2D eigenvalue weighted by Crippen LogP contribution is 2.29. The van der Waals surface area contributed by atoms with Crippen LogP contribution in [0.3, 0.4) is 0 Å². The van der Waals surface area contributed by atoms with E-state index in [1.54, 1.807) is 6.33 Å². The van der Waals surface area contributed by atoms with E-state index in [1.807, 2.05) is 18.2 Å². The first-order valence-corrected chi connectivity index (χ1v) is 7.53. The molecule has 20 heavy (non-hydrogen) atoms. The maximum Gasteiger partial charge on any atom is 0.139 e. The molecular weight excluding hydrogens is 248 g/mol. The molecule has 1 aliphatic heterocycles. The Labute approximate surface area is 120 Å². The molecule has 2 N–H and O–H groups in total. The van der Waals surface area contributed by atoms with Crippen molar-refractivity contribution in [1.29, 1.82) is 0 Å². The molecule has 0 spiro atoms. The van der Waals surface area contributed by atoms with E-state index in [1.165, 1.54) is 25.7 Å². The van der Waals surface area contributed by atoms with Gasteiger partial charge in [-0.15, -0.1) is 0 Å². The Kier molecular flexibility index (Phi) is 3.72. The number of anilines is 2. The van der Waals surface area contributed by atoms with E-state index < -0.39 is 0 Å². The summed E-state index contributed by atoms with van der Waals surface area (Å²) < 4.78 is 0. The quantitative estimate of drug-likeness (QED) is 0.870. The van der Waals surface area contributed by atoms with Crippen molar-refractivity contribution >= 4 is 22.4 Å². The van der Waals surface area contributed by atoms with Gasteiger partial charge in [-0.2, -0.15) is 0 Å². The fourth-order valence-electron chi connectivity index (χ4n) is 3.15. The Bertz CT molecular complexity index is 588. The molecule has 0 aliphatic carbocycles. The molecule has 0 amide bonds. The highest BCUT2D eigenvalue weighted by Gasteiger charge is 2.21. The third-order valence-corrected chi connectivity index (χ3v) is 4.25. The minimum Gasteiger partial charge on any atom is -0.399 e. The zero-order valence-corrected chi connectivity index (χ0v) is 12.0. The Balaban J connectivity index is 1.86. The maximum absolute atomic E-state index is 5.91. The molecule has 1 aromatic heterocycles. The molecule has 1 aromatic carbocycles. The average molecular weight is 270 g/mol. The number of hydrogen-bond acceptors (Lipinski definition) is 4. The zero-order valence-electron chi connectivity index (χ0n) is 12.0. The number of nitrogens with zero attached hydrogens (tertiary/aromatic N) is 3. The molecule has 4 heteroatoms. The maximum atomic E-state index is 5.91. The Morgan fingerprint density at radius 2 is 2.05 bits per heavy atom. The number of hydrogen-bond donors (Lipinski definition) is 1. The Morgan fingerprint density at radius 3 is 2.80 bits per heavy atom. The number of nitrogen functional groups attached to an aromatic ring is 1. The second-order valence-electron chi connectivity index (χ2n) is 5.69. The molecule has 0 unspecified atom stereocenters. The third-order valence-electron chi connectivity index (χ3n) is 4.25. The third kappa shape index (κ3) is 2.55. The van der Waals surface area contributed by atoms with Gasteiger partial charge in [-0.05, 0) is 37.0 Å². The Hall–Kier alpha value is -1.84. The minimum atomic E-state index is 0.773. The predicted molar refractivity (Wildman–Crippen MR) is 83.8 cm³/mol. The molecule has 0 bridgehead atoms. The first-order valence-electron chi connectivity index (χ1n) is 7.53. The van der Waals surface area contributed by atoms with Crippen molar-refractivity contribution < 1.29 is 0 Å². The highest BCUT2D eigenvalue weighted by atomic mass is 15.2. The van der Waals surface area contributed by atoms with Gasteiger partial charge in [0.2, 0.25) is 0 Å². The highest BCUT2D eigenvalue weighted by molar-refractivity contribution is 5.91. The second kappa shape index (κ2) is 5.65. The van der Waals surface area contributed by atoms with Crippen molar-refractivity contribution in [2.75, 3.05) is 23.7 Å². The summed E-state index contributed by atoms with van der Waals surface area (Å²) in [7, 11) is 0. The van der Waals surface area contributed by atoms with E-state index in [0.29, 0.717) is 0 Å². The number of nitrogens with two attached hydrogens (primary N) is 1. The summed E-state index contributed by atoms with van der Waals surface area (Å²) in [6.07, 6.45) is 6.83. The molecule has 1 fully saturated rings. The lowest BCUT2D eigenvalue weighted by Gasteiger charge is -2.33. The molecular formula is C16H22N4. The molecule has 0 radical (unpaired) electrons. The molecule has 1 saturated heterocycles. The van der Waals surface area contributed by atoms with Crippen LogP contribution < -0.4 is 10.6 Å². The van der Waals surface area contributed by atoms with E-state index >= 15 is 0 Å². The van der Waals surface area contributed by atoms with Gasteiger partial charge in [0.1, 0.15) is 12.1 Å². The van der Waals surface area contributed by atoms with Crippen molar-refractivity contribution in [2.45, 2.75) is 32.6 Å². The van der Waals surface area contributed by atoms with Crippen LogP contribution in [0.2, 0.25) is 0 Å². The standard InChI is InChI=1S/C16H22N4/c1-2-3-12-6-8-20(9-7-12)16-14-10-13(17)4-5-15(14)18-11-19-16/h4-5,10-12H,2-3,6-9,17H2,1H3. The van der Waals surface area contributed by atoms with Crippen LogP contribution in [-0.4, -0.2) is 23.1 Å². The Morgan fingerprint density at radius 1 is 1.25 bits per heavy atom. The van der Waals surface area contributed by atoms with Crippen molar-refractivity contribution in [3.05, 3.63) is 24.5 Å². The topological polar surface area (TPSA) is 55.0 Å². The number of benzene rings is 1. The lowest BCUT2D eigenvalue weighted by molar-refractivity contribution is 0.377. The first kappa shape index (κ1) is 13.2. The van der Waals surface area contributed by atoms with Crippen LogP contribution in [0, 0.1) is 5.92 Å². The molecule has 0 atom stereocenters. The van der Waals surface area contributed by atoms with Crippen LogP contribution in [-0.2, 0) is 0 Å². The largest absolute Gasteiger partial charge is 0.399 e. The van der Waals surface area contributed by atoms with E-state index in [9.17, 15) is 0 Å². The van der Waals surface area contributed by atoms with Gasteiger partial charge >= 0.3 is 0 Å². The fourth-order valence-corrected chi connectivity index (χ4v) is 3.15. The van der Waals surface area contributed by atoms with Gasteiger partial charge in [-0.1, -0.05) is 19.8 Å². The minimum absolute atomic E-state index is 0.773. The fraction of sp³-hybridized carbons (Fsp3) is 0.500. The van der Waals surface area contributed by atoms with Gasteiger partial charge in [0.25, 0.3) is 0 Å². The van der Waals surface area contributed by atoms with Gasteiger partial charge in [0, 0.05) is 24.2 Å². The van der Waals surface area contributed by atoms with E-state index in [-0.39, 0.29) is 0 Å². The number of rotatable bonds is 3. The van der Waals surface area contributed by atoms with Crippen molar-refractivity contribution in [1.82, 2.24) is 9.97 Å². The molecule has 106 valence electrons. The lowest BCUT2D eigenvalue weighted by Crippen LogP contribution is -2.34. The summed E-state index contributed by atoms with van der Waals surface area (Å²) in [5.74, 6) is 1.92. The van der Waals surface area contributed by atoms with Gasteiger partial charge in [0.15, 0.2) is 0 Å². The summed E-state index contributed by atoms with van der Waals surface area (Å²) in [5.41, 5.74) is 7.65. The van der Waals surface area contributed by atoms with Crippen molar-refractivity contribution in [2.24, 2.45) is 5.92 Å². The molecule has 0 saturated carbocycles. The van der Waals surface area contributed by atoms with E-state index in [2.05, 4.69) is 21.8 Å². The second-order valence-corrected chi connectivity index (χ2v) is 5.69. The lowest BCUT2D eigenvalue weighted by atomic mass is 9.92. The summed E-state index contributed by atoms with van der Waals surface area (Å²) in [6, 6.07) is 5.86. The van der Waals surface area contributed by atoms with Crippen LogP contribution in [0.1, 0.15) is 32.6 Å². The van der Waals surface area contributed by atoms with Gasteiger partial charge < -0.3 is 10.6 Å². The van der Waals surface area contributed by atoms with Gasteiger partial charge in [0.05, 0.1) is 5.52 Å². The monoisotopic (exact) mass is 270 g/mol. The van der Waals surface area contributed by atoms with Crippen LogP contribution >= 0.6 is 0 Å². The predicted octanol–water partition coefficient (Wildman–Crippen LogP) is 3.23. The van der Waals surface area contributed by atoms with Crippen LogP contribution in [0.25, 0.3) is 10.9 Å². The SMILES string of the molecule is CCCC1CCN(c2ncnc3ccc(N)cc23)CC1. The van der Waals surface area contributed by atoms with E-state index in [0.717, 1.165) is 41.4 Å².